The molecule has 1 fully saturated rings. The van der Waals surface area contributed by atoms with Gasteiger partial charge in [0.25, 0.3) is 0 Å². The van der Waals surface area contributed by atoms with Crippen molar-refractivity contribution in [3.63, 3.8) is 0 Å². The molecule has 5 N–H and O–H groups in total. The van der Waals surface area contributed by atoms with Gasteiger partial charge in [0.2, 0.25) is 0 Å². The standard InChI is InChI=1S/C45H64Cl2N6O4S.C2H5N.CH4O/c1-7-9-19-52(58-35-13-14-35)21-17-49-41-26-32(45(55)56)25-33(50-41)27-51(6)18-11-20-53-40(28-54)37(12-10-22-57-34-23-29(3)43(47)30(4)24-34)38-15-16-39(46)42(44(38)53)36(8-2)31(5)48;1-3-2;1-2/h15-16,23-24,28,32,35,41,49H,7-14,17-22,25-27,48H2,1-6H3,(H,55,56);1H2,2H3;2H,1H3/b36-31+;;. The molecule has 15 heteroatoms. The number of aromatic nitrogens is 1. The van der Waals surface area contributed by atoms with Crippen LogP contribution in [-0.4, -0.2) is 121 Å². The lowest BCUT2D eigenvalue weighted by Gasteiger charge is -2.29. The number of aliphatic imine (C=N–C) groups is 2. The molecule has 1 aromatic heterocycles. The van der Waals surface area contributed by atoms with Crippen molar-refractivity contribution in [2.24, 2.45) is 21.6 Å². The predicted octanol–water partition coefficient (Wildman–Crippen LogP) is 9.50. The first-order valence-electron chi connectivity index (χ1n) is 22.3. The molecule has 3 aromatic rings. The summed E-state index contributed by atoms with van der Waals surface area (Å²) >= 11 is 15.3. The van der Waals surface area contributed by atoms with Crippen molar-refractivity contribution < 1.29 is 24.5 Å². The normalized spacial score (nSPS) is 16.5. The Hall–Kier alpha value is -3.43. The second-order valence-corrected chi connectivity index (χ2v) is 18.6. The Labute approximate surface area is 390 Å². The Morgan fingerprint density at radius 1 is 1.13 bits per heavy atom. The minimum Gasteiger partial charge on any atom is -0.494 e. The van der Waals surface area contributed by atoms with Gasteiger partial charge in [-0.05, 0) is 133 Å². The van der Waals surface area contributed by atoms with Crippen LogP contribution in [0.3, 0.4) is 0 Å². The molecule has 0 radical (unpaired) electrons. The van der Waals surface area contributed by atoms with Gasteiger partial charge in [-0.1, -0.05) is 61.5 Å². The average Bonchev–Trinajstić information content (AvgIpc) is 4.02. The number of halogens is 2. The van der Waals surface area contributed by atoms with Crippen LogP contribution in [-0.2, 0) is 17.8 Å². The highest BCUT2D eigenvalue weighted by molar-refractivity contribution is 7.97. The fourth-order valence-corrected chi connectivity index (χ4v) is 9.65. The first-order chi connectivity index (χ1) is 30.3. The van der Waals surface area contributed by atoms with Crippen LogP contribution in [0.25, 0.3) is 16.5 Å². The van der Waals surface area contributed by atoms with Crippen molar-refractivity contribution in [2.45, 2.75) is 117 Å². The number of aryl methyl sites for hydroxylation is 4. The SMILES string of the molecule is C=NC.CCCCN(CCNC1CC(C(=O)O)CC(CN(C)CCCn2c(C=O)c(CCCOc3cc(C)c(Cl)c(C)c3)c3ccc(Cl)c(/C(CC)=C(\C)N)c32)=N1)SC1CC1.CO. The maximum absolute atomic E-state index is 13.0. The molecule has 2 unspecified atom stereocenters. The third-order valence-corrected chi connectivity index (χ3v) is 13.5. The van der Waals surface area contributed by atoms with Crippen LogP contribution in [0.1, 0.15) is 111 Å². The summed E-state index contributed by atoms with van der Waals surface area (Å²) in [7, 11) is 4.69. The molecule has 0 spiro atoms. The highest BCUT2D eigenvalue weighted by atomic mass is 35.5. The van der Waals surface area contributed by atoms with E-state index in [0.29, 0.717) is 68.2 Å². The van der Waals surface area contributed by atoms with E-state index >= 15 is 0 Å². The molecule has 350 valence electrons. The number of carbonyl (C=O) groups is 2. The molecule has 0 saturated heterocycles. The number of fused-ring (bicyclic) bond motifs is 1. The van der Waals surface area contributed by atoms with Crippen molar-refractivity contribution in [3.05, 3.63) is 68.0 Å². The highest BCUT2D eigenvalue weighted by Gasteiger charge is 2.30. The molecular weight excluding hydrogens is 858 g/mol. The molecule has 1 aliphatic heterocycles. The van der Waals surface area contributed by atoms with Crippen molar-refractivity contribution in [3.8, 4) is 5.75 Å². The maximum atomic E-state index is 13.0. The van der Waals surface area contributed by atoms with Gasteiger partial charge in [0, 0.05) is 85.9 Å². The van der Waals surface area contributed by atoms with Crippen LogP contribution >= 0.6 is 35.1 Å². The Bertz CT molecular complexity index is 1990. The Balaban J connectivity index is 0.00000202. The van der Waals surface area contributed by atoms with E-state index in [1.54, 1.807) is 7.05 Å². The van der Waals surface area contributed by atoms with Crippen LogP contribution in [0, 0.1) is 19.8 Å². The zero-order valence-corrected chi connectivity index (χ0v) is 41.3. The summed E-state index contributed by atoms with van der Waals surface area (Å²) in [5, 5.41) is 23.7. The Kier molecular flexibility index (Phi) is 23.8. The van der Waals surface area contributed by atoms with Gasteiger partial charge in [0.05, 0.1) is 28.8 Å². The summed E-state index contributed by atoms with van der Waals surface area (Å²) in [6, 6.07) is 7.85. The number of aliphatic hydroxyl groups excluding tert-OH is 1. The third kappa shape index (κ3) is 16.2. The number of ether oxygens (including phenoxy) is 1. The number of aliphatic hydroxyl groups is 1. The number of carboxylic acids is 1. The maximum Gasteiger partial charge on any atom is 0.307 e. The van der Waals surface area contributed by atoms with Gasteiger partial charge < -0.3 is 35.1 Å². The van der Waals surface area contributed by atoms with E-state index in [-0.39, 0.29) is 6.17 Å². The number of carboxylic acid groups (broad SMARTS) is 1. The summed E-state index contributed by atoms with van der Waals surface area (Å²) < 4.78 is 10.8. The minimum absolute atomic E-state index is 0.211. The van der Waals surface area contributed by atoms with E-state index in [9.17, 15) is 14.7 Å². The number of benzene rings is 2. The molecule has 1 saturated carbocycles. The van der Waals surface area contributed by atoms with E-state index in [4.69, 9.17) is 43.8 Å². The van der Waals surface area contributed by atoms with Crippen LogP contribution < -0.4 is 15.8 Å². The summed E-state index contributed by atoms with van der Waals surface area (Å²) in [6.07, 6.45) is 9.46. The Morgan fingerprint density at radius 3 is 2.40 bits per heavy atom. The summed E-state index contributed by atoms with van der Waals surface area (Å²) in [6.45, 7) is 18.4. The number of allylic oxidation sites excluding steroid dienone is 2. The van der Waals surface area contributed by atoms with Crippen molar-refractivity contribution in [1.29, 1.82) is 0 Å². The molecule has 5 rings (SSSR count). The van der Waals surface area contributed by atoms with E-state index < -0.39 is 11.9 Å². The number of unbranched alkanes of at least 4 members (excludes halogenated alkanes) is 1. The van der Waals surface area contributed by atoms with Crippen LogP contribution in [0.15, 0.2) is 39.9 Å². The fraction of sp³-hybridized carbons (Fsp3) is 0.583. The Morgan fingerprint density at radius 2 is 1.81 bits per heavy atom. The van der Waals surface area contributed by atoms with Crippen molar-refractivity contribution >= 4 is 76.3 Å². The fourth-order valence-electron chi connectivity index (χ4n) is 8.08. The van der Waals surface area contributed by atoms with Gasteiger partial charge in [0.1, 0.15) is 11.9 Å². The summed E-state index contributed by atoms with van der Waals surface area (Å²) in [5.41, 5.74) is 14.4. The highest BCUT2D eigenvalue weighted by Crippen LogP contribution is 2.39. The summed E-state index contributed by atoms with van der Waals surface area (Å²) in [4.78, 5) is 35.7. The number of nitrogens with one attached hydrogen (secondary N) is 1. The first kappa shape index (κ1) is 53.9. The van der Waals surface area contributed by atoms with Gasteiger partial charge in [-0.2, -0.15) is 0 Å². The number of aldehydes is 1. The lowest BCUT2D eigenvalue weighted by molar-refractivity contribution is -0.142. The monoisotopic (exact) mass is 929 g/mol. The van der Waals surface area contributed by atoms with E-state index in [1.165, 1.54) is 25.7 Å². The molecule has 2 aromatic carbocycles. The molecule has 2 aliphatic rings. The molecule has 63 heavy (non-hydrogen) atoms. The molecule has 12 nitrogen and oxygen atoms in total. The van der Waals surface area contributed by atoms with Crippen molar-refractivity contribution in [2.75, 3.05) is 60.5 Å². The lowest BCUT2D eigenvalue weighted by Crippen LogP contribution is -2.42. The lowest BCUT2D eigenvalue weighted by atomic mass is 9.93. The molecule has 1 aliphatic carbocycles. The van der Waals surface area contributed by atoms with Crippen LogP contribution in [0.4, 0.5) is 0 Å². The third-order valence-electron chi connectivity index (χ3n) is 11.2. The molecule has 2 atom stereocenters. The zero-order chi connectivity index (χ0) is 46.6. The topological polar surface area (TPSA) is 158 Å². The van der Waals surface area contributed by atoms with Crippen LogP contribution in [0.5, 0.6) is 5.75 Å². The van der Waals surface area contributed by atoms with E-state index in [2.05, 4.69) is 51.7 Å². The minimum atomic E-state index is -0.767. The number of aliphatic carboxylic acids is 1. The first-order valence-corrected chi connectivity index (χ1v) is 23.9. The number of nitrogens with two attached hydrogens (primary N) is 1. The van der Waals surface area contributed by atoms with Gasteiger partial charge in [0.15, 0.2) is 6.29 Å². The van der Waals surface area contributed by atoms with E-state index in [0.717, 1.165) is 106 Å². The predicted molar refractivity (Wildman–Crippen MR) is 267 cm³/mol. The van der Waals surface area contributed by atoms with E-state index in [1.807, 2.05) is 57.0 Å². The molecule has 2 heterocycles. The average molecular weight is 931 g/mol. The van der Waals surface area contributed by atoms with Gasteiger partial charge in [-0.3, -0.25) is 19.9 Å². The largest absolute Gasteiger partial charge is 0.494 e. The number of hydrogen-bond acceptors (Lipinski definition) is 11. The molecular formula is C48H73Cl2N7O5S. The smallest absolute Gasteiger partial charge is 0.307 e. The number of rotatable bonds is 24. The van der Waals surface area contributed by atoms with Gasteiger partial charge >= 0.3 is 5.97 Å². The summed E-state index contributed by atoms with van der Waals surface area (Å²) in [5.74, 6) is -0.449. The second kappa shape index (κ2) is 27.8. The zero-order valence-electron chi connectivity index (χ0n) is 38.9. The quantitative estimate of drug-likeness (QED) is 0.0295. The molecule has 0 bridgehead atoms. The van der Waals surface area contributed by atoms with Gasteiger partial charge in [-0.25, -0.2) is 4.31 Å². The van der Waals surface area contributed by atoms with Gasteiger partial charge in [-0.15, -0.1) is 0 Å². The number of nitrogens with zero attached hydrogens (tertiary/aromatic N) is 5. The second-order valence-electron chi connectivity index (χ2n) is 16.4. The van der Waals surface area contributed by atoms with Crippen molar-refractivity contribution in [1.82, 2.24) is 19.1 Å². The number of carbonyl (C=O) groups excluding carboxylic acids is 1. The molecule has 0 amide bonds. The van der Waals surface area contributed by atoms with Crippen LogP contribution in [0.2, 0.25) is 10.0 Å². The number of hydrogen-bond donors (Lipinski definition) is 4.